The van der Waals surface area contributed by atoms with Crippen LogP contribution in [-0.4, -0.2) is 19.9 Å². The summed E-state index contributed by atoms with van der Waals surface area (Å²) < 4.78 is 0. The maximum Gasteiger partial charge on any atom is 0.0737 e. The lowest BCUT2D eigenvalue weighted by atomic mass is 9.85. The molecule has 17 rings (SSSR count). The summed E-state index contributed by atoms with van der Waals surface area (Å²) in [6.07, 6.45) is 9.07. The molecule has 0 radical (unpaired) electrons. The van der Waals surface area contributed by atoms with Crippen molar-refractivity contribution in [2.45, 2.75) is 209 Å². The molecular weight excluding hydrogens is 1550 g/mol. The van der Waals surface area contributed by atoms with Crippen LogP contribution in [0.1, 0.15) is 233 Å². The van der Waals surface area contributed by atoms with E-state index in [2.05, 4.69) is 492 Å². The highest BCUT2D eigenvalue weighted by atomic mass is 14.8. The molecule has 4 heteroatoms. The molecule has 4 nitrogen and oxygen atoms in total. The Morgan fingerprint density at radius 2 is 0.258 bits per heavy atom. The largest absolute Gasteiger partial charge is 0.354 e. The molecule has 0 aliphatic carbocycles. The molecule has 0 fully saturated rings. The van der Waals surface area contributed by atoms with E-state index in [1.54, 1.807) is 0 Å². The molecule has 0 unspecified atom stereocenters. The molecule has 0 saturated carbocycles. The zero-order valence-corrected chi connectivity index (χ0v) is 79.9. The van der Waals surface area contributed by atoms with Crippen LogP contribution >= 0.6 is 0 Å². The Morgan fingerprint density at radius 3 is 0.375 bits per heavy atom. The number of nitrogens with zero attached hydrogens (tertiary/aromatic N) is 2. The summed E-state index contributed by atoms with van der Waals surface area (Å²) in [5.41, 5.74) is 42.8. The van der Waals surface area contributed by atoms with Crippen LogP contribution in [0.4, 0.5) is 0 Å². The van der Waals surface area contributed by atoms with Gasteiger partial charge in [0.15, 0.2) is 0 Å². The molecular formula is C124H126N4. The Morgan fingerprint density at radius 1 is 0.141 bits per heavy atom. The Bertz CT molecular complexity index is 5830. The highest BCUT2D eigenvalue weighted by Crippen LogP contribution is 2.48. The SMILES string of the molecule is CC(C)(C)c1ccc(-c2cc(-c3ccc(C(C)(C)C)cc3)cc(-c3c4nc(c(-c5cc(-c6ccc(C(C)(C)C)cc6)cc(-c6ccc(C(C)(C)C)cc6)c5)c5ccc([nH]5)c(-c5cc(-c6ccc(C(C)(C)C)cc6)cc(-c6ccc(C(C)(C)C)cc6)c5)c5nc(c(-c6cc(-c7ccc(C(C)(C)C)cc7)cc(-c7ccc(C(C)(C)C)cc7)c6)c6ccc3[nH]6)C=C5)C=C4)c2)cc1. The lowest BCUT2D eigenvalue weighted by Gasteiger charge is -2.20. The van der Waals surface area contributed by atoms with Gasteiger partial charge >= 0.3 is 0 Å². The predicted molar refractivity (Wildman–Crippen MR) is 554 cm³/mol. The Kier molecular flexibility index (Phi) is 22.4. The third-order valence-corrected chi connectivity index (χ3v) is 26.3. The van der Waals surface area contributed by atoms with Crippen molar-refractivity contribution in [3.63, 3.8) is 0 Å². The number of rotatable bonds is 12. The average molecular weight is 1670 g/mol. The van der Waals surface area contributed by atoms with Gasteiger partial charge in [-0.2, -0.15) is 0 Å². The lowest BCUT2D eigenvalue weighted by Crippen LogP contribution is -2.10. The second-order valence-corrected chi connectivity index (χ2v) is 44.3. The van der Waals surface area contributed by atoms with Gasteiger partial charge in [0.2, 0.25) is 0 Å². The van der Waals surface area contributed by atoms with Gasteiger partial charge in [-0.05, 0) is 320 Å². The van der Waals surface area contributed by atoms with Crippen molar-refractivity contribution in [1.29, 1.82) is 0 Å². The highest BCUT2D eigenvalue weighted by Gasteiger charge is 2.28. The fraction of sp³-hybridized carbons (Fsp3) is 0.258. The van der Waals surface area contributed by atoms with Crippen molar-refractivity contribution in [2.24, 2.45) is 0 Å². The van der Waals surface area contributed by atoms with Crippen molar-refractivity contribution in [1.82, 2.24) is 19.9 Å². The van der Waals surface area contributed by atoms with Gasteiger partial charge in [0.05, 0.1) is 22.8 Å². The van der Waals surface area contributed by atoms with Crippen LogP contribution in [0.5, 0.6) is 0 Å². The molecule has 128 heavy (non-hydrogen) atoms. The fourth-order valence-corrected chi connectivity index (χ4v) is 18.1. The molecule has 12 aromatic carbocycles. The third kappa shape index (κ3) is 18.3. The maximum absolute atomic E-state index is 6.18. The van der Waals surface area contributed by atoms with Crippen LogP contribution in [0.25, 0.3) is 180 Å². The standard InChI is InChI=1S/C124H126N4/c1-117(2,3)97-41-25-77(26-42-97)85-65-86(78-27-43-98(44-28-78)118(4,5)6)70-93(69-85)113-105-57-59-107(125-105)114(94-71-87(79-29-45-99(46-30-79)119(7,8)9)66-88(72-94)80-31-47-100(48-32-80)120(10,11)12)109-61-63-111(127-109)116(96-75-91(83-37-53-103(54-38-83)123(19,20)21)68-92(76-96)84-39-55-104(56-40-84)124(22,23)24)112-64-62-110(128-112)115(108-60-58-106(113)126-108)95-73-89(81-33-49-101(50-34-81)121(13,14)15)67-90(74-95)82-35-51-102(52-36-82)122(16,17)18/h25-76,125,128H,1-24H3. The second-order valence-electron chi connectivity index (χ2n) is 44.3. The zero-order chi connectivity index (χ0) is 90.7. The number of hydrogen-bond donors (Lipinski definition) is 2. The number of aromatic amines is 2. The van der Waals surface area contributed by atoms with Crippen molar-refractivity contribution < 1.29 is 0 Å². The third-order valence-electron chi connectivity index (χ3n) is 26.3. The van der Waals surface area contributed by atoms with Crippen LogP contribution < -0.4 is 0 Å². The molecule has 8 bridgehead atoms. The van der Waals surface area contributed by atoms with Gasteiger partial charge in [0.25, 0.3) is 0 Å². The highest BCUT2D eigenvalue weighted by molar-refractivity contribution is 6.03. The number of aromatic nitrogens is 4. The molecule has 0 saturated heterocycles. The fourth-order valence-electron chi connectivity index (χ4n) is 18.1. The second kappa shape index (κ2) is 32.8. The van der Waals surface area contributed by atoms with E-state index >= 15 is 0 Å². The van der Waals surface area contributed by atoms with Gasteiger partial charge in [-0.3, -0.25) is 0 Å². The van der Waals surface area contributed by atoms with E-state index in [0.29, 0.717) is 0 Å². The summed E-state index contributed by atoms with van der Waals surface area (Å²) in [6, 6.07) is 112. The number of benzene rings is 12. The van der Waals surface area contributed by atoms with Crippen LogP contribution in [-0.2, 0) is 43.3 Å². The zero-order valence-electron chi connectivity index (χ0n) is 79.9. The van der Waals surface area contributed by atoms with E-state index in [1.807, 2.05) is 0 Å². The first-order valence-electron chi connectivity index (χ1n) is 46.0. The maximum atomic E-state index is 6.18. The minimum atomic E-state index is -0.0358. The molecule has 3 aromatic heterocycles. The Hall–Kier alpha value is -12.8. The van der Waals surface area contributed by atoms with E-state index in [-0.39, 0.29) is 43.3 Å². The molecule has 2 N–H and O–H groups in total. The molecule has 0 atom stereocenters. The molecule has 0 spiro atoms. The molecule has 15 aromatic rings. The Balaban J connectivity index is 1.03. The van der Waals surface area contributed by atoms with Gasteiger partial charge in [0, 0.05) is 44.3 Å². The first-order valence-corrected chi connectivity index (χ1v) is 46.0. The topological polar surface area (TPSA) is 57.4 Å². The van der Waals surface area contributed by atoms with Gasteiger partial charge in [0.1, 0.15) is 0 Å². The Labute approximate surface area is 762 Å². The summed E-state index contributed by atoms with van der Waals surface area (Å²) in [5.74, 6) is 0. The number of nitrogens with one attached hydrogen (secondary N) is 2. The summed E-state index contributed by atoms with van der Waals surface area (Å²) in [4.78, 5) is 20.9. The van der Waals surface area contributed by atoms with E-state index < -0.39 is 0 Å². The predicted octanol–water partition coefficient (Wildman–Crippen LogP) is 35.0. The van der Waals surface area contributed by atoms with Gasteiger partial charge in [-0.25, -0.2) is 9.97 Å². The van der Waals surface area contributed by atoms with E-state index in [4.69, 9.17) is 9.97 Å². The monoisotopic (exact) mass is 1670 g/mol. The van der Waals surface area contributed by atoms with E-state index in [0.717, 1.165) is 178 Å². The van der Waals surface area contributed by atoms with Crippen LogP contribution in [0.15, 0.2) is 291 Å². The van der Waals surface area contributed by atoms with Crippen molar-refractivity contribution in [3.05, 3.63) is 358 Å². The number of fused-ring (bicyclic) bond motifs is 8. The molecule has 0 amide bonds. The van der Waals surface area contributed by atoms with Crippen LogP contribution in [0.3, 0.4) is 0 Å². The van der Waals surface area contributed by atoms with E-state index in [1.165, 1.54) is 44.5 Å². The minimum Gasteiger partial charge on any atom is -0.354 e. The van der Waals surface area contributed by atoms with E-state index in [9.17, 15) is 0 Å². The smallest absolute Gasteiger partial charge is 0.0737 e. The average Bonchev–Trinajstić information content (AvgIpc) is 1.61. The number of H-pyrrole nitrogens is 2. The molecule has 642 valence electrons. The van der Waals surface area contributed by atoms with Crippen molar-refractivity contribution in [2.75, 3.05) is 0 Å². The van der Waals surface area contributed by atoms with Crippen molar-refractivity contribution in [3.8, 4) is 134 Å². The van der Waals surface area contributed by atoms with Crippen LogP contribution in [0, 0.1) is 0 Å². The van der Waals surface area contributed by atoms with Crippen LogP contribution in [0.2, 0.25) is 0 Å². The quantitative estimate of drug-likeness (QED) is 0.128. The number of hydrogen-bond acceptors (Lipinski definition) is 2. The van der Waals surface area contributed by atoms with Gasteiger partial charge < -0.3 is 9.97 Å². The summed E-state index contributed by atoms with van der Waals surface area (Å²) >= 11 is 0. The molecule has 2 aliphatic heterocycles. The first-order chi connectivity index (χ1) is 60.4. The van der Waals surface area contributed by atoms with Gasteiger partial charge in [-0.15, -0.1) is 0 Å². The molecule has 2 aliphatic rings. The summed E-state index contributed by atoms with van der Waals surface area (Å²) in [5, 5.41) is 0. The van der Waals surface area contributed by atoms with Crippen molar-refractivity contribution >= 4 is 46.4 Å². The minimum absolute atomic E-state index is 0.0358. The first kappa shape index (κ1) is 87.3. The normalized spacial score (nSPS) is 12.9. The lowest BCUT2D eigenvalue weighted by molar-refractivity contribution is 0.590. The molecule has 5 heterocycles. The van der Waals surface area contributed by atoms with Gasteiger partial charge in [-0.1, -0.05) is 360 Å². The summed E-state index contributed by atoms with van der Waals surface area (Å²) in [7, 11) is 0. The summed E-state index contributed by atoms with van der Waals surface area (Å²) in [6.45, 7) is 55.0.